The van der Waals surface area contributed by atoms with Crippen molar-refractivity contribution < 1.29 is 23.1 Å². The first kappa shape index (κ1) is 19.0. The van der Waals surface area contributed by atoms with Crippen LogP contribution in [0.4, 0.5) is 5.69 Å². The van der Waals surface area contributed by atoms with Gasteiger partial charge in [-0.3, -0.25) is 9.52 Å². The average Bonchev–Trinajstić information content (AvgIpc) is 2.41. The Bertz CT molecular complexity index is 658. The largest absolute Gasteiger partial charge is 0.480 e. The van der Waals surface area contributed by atoms with Crippen molar-refractivity contribution in [3.63, 3.8) is 0 Å². The Morgan fingerprint density at radius 3 is 2.57 bits per heavy atom. The summed E-state index contributed by atoms with van der Waals surface area (Å²) in [5, 5.41) is 11.6. The maximum atomic E-state index is 12.0. The molecule has 0 aromatic heterocycles. The van der Waals surface area contributed by atoms with Gasteiger partial charge in [-0.1, -0.05) is 31.9 Å². The van der Waals surface area contributed by atoms with E-state index in [9.17, 15) is 18.0 Å². The van der Waals surface area contributed by atoms with Crippen LogP contribution in [0.3, 0.4) is 0 Å². The van der Waals surface area contributed by atoms with Crippen LogP contribution in [0.25, 0.3) is 0 Å². The van der Waals surface area contributed by atoms with Crippen LogP contribution >= 0.6 is 0 Å². The number of sulfonamides is 1. The number of amides is 1. The zero-order chi connectivity index (χ0) is 17.5. The molecule has 0 saturated heterocycles. The normalized spacial score (nSPS) is 12.4. The molecule has 1 amide bonds. The minimum absolute atomic E-state index is 0.0187. The Hall–Kier alpha value is -2.09. The lowest BCUT2D eigenvalue weighted by atomic mass is 10.1. The molecule has 0 bridgehead atoms. The van der Waals surface area contributed by atoms with Gasteiger partial charge in [0.1, 0.15) is 6.04 Å². The van der Waals surface area contributed by atoms with E-state index in [1.807, 2.05) is 6.92 Å². The number of hydrogen-bond acceptors (Lipinski definition) is 4. The van der Waals surface area contributed by atoms with Gasteiger partial charge in [0.2, 0.25) is 15.9 Å². The number of carbonyl (C=O) groups is 2. The van der Waals surface area contributed by atoms with Crippen LogP contribution in [-0.2, 0) is 26.0 Å². The van der Waals surface area contributed by atoms with Gasteiger partial charge < -0.3 is 10.4 Å². The molecule has 0 aliphatic rings. The predicted octanol–water partition coefficient (Wildman–Crippen LogP) is 1.36. The van der Waals surface area contributed by atoms with Crippen LogP contribution < -0.4 is 10.0 Å². The van der Waals surface area contributed by atoms with Gasteiger partial charge >= 0.3 is 5.97 Å². The first-order chi connectivity index (χ1) is 10.7. The molecular weight excluding hydrogens is 320 g/mol. The summed E-state index contributed by atoms with van der Waals surface area (Å²) in [5.41, 5.74) is 0.953. The second-order valence-corrected chi connectivity index (χ2v) is 7.10. The minimum Gasteiger partial charge on any atom is -0.480 e. The summed E-state index contributed by atoms with van der Waals surface area (Å²) in [6.07, 6.45) is 2.96. The molecule has 1 unspecified atom stereocenters. The van der Waals surface area contributed by atoms with Gasteiger partial charge in [0.25, 0.3) is 0 Å². The van der Waals surface area contributed by atoms with Crippen molar-refractivity contribution in [1.82, 2.24) is 5.32 Å². The quantitative estimate of drug-likeness (QED) is 0.627. The van der Waals surface area contributed by atoms with E-state index in [0.717, 1.165) is 12.7 Å². The van der Waals surface area contributed by atoms with E-state index < -0.39 is 27.9 Å². The number of carboxylic acid groups (broad SMARTS) is 1. The third-order valence-corrected chi connectivity index (χ3v) is 3.68. The molecular formula is C15H22N2O5S. The van der Waals surface area contributed by atoms with Crippen molar-refractivity contribution in [2.45, 2.75) is 38.6 Å². The van der Waals surface area contributed by atoms with Gasteiger partial charge in [-0.15, -0.1) is 0 Å². The molecule has 1 aromatic rings. The van der Waals surface area contributed by atoms with E-state index in [1.54, 1.807) is 24.3 Å². The number of carbonyl (C=O) groups excluding carboxylic acids is 1. The van der Waals surface area contributed by atoms with Gasteiger partial charge in [-0.05, 0) is 24.1 Å². The van der Waals surface area contributed by atoms with Crippen molar-refractivity contribution in [3.05, 3.63) is 29.8 Å². The SMILES string of the molecule is CCCCC(NC(=O)Cc1cccc(NS(C)(=O)=O)c1)C(=O)O. The number of anilines is 1. The number of carboxylic acids is 1. The molecule has 1 rings (SSSR count). The van der Waals surface area contributed by atoms with Crippen molar-refractivity contribution in [2.75, 3.05) is 11.0 Å². The molecule has 0 fully saturated rings. The van der Waals surface area contributed by atoms with Crippen molar-refractivity contribution >= 4 is 27.6 Å². The van der Waals surface area contributed by atoms with Crippen LogP contribution in [0, 0.1) is 0 Å². The van der Waals surface area contributed by atoms with Crippen LogP contribution in [0.2, 0.25) is 0 Å². The summed E-state index contributed by atoms with van der Waals surface area (Å²) >= 11 is 0. The lowest BCUT2D eigenvalue weighted by molar-refractivity contribution is -0.142. The first-order valence-electron chi connectivity index (χ1n) is 7.30. The fraction of sp³-hybridized carbons (Fsp3) is 0.467. The van der Waals surface area contributed by atoms with Crippen LogP contribution in [0.15, 0.2) is 24.3 Å². The number of hydrogen-bond donors (Lipinski definition) is 3. The van der Waals surface area contributed by atoms with Gasteiger partial charge in [0.05, 0.1) is 12.7 Å². The van der Waals surface area contributed by atoms with E-state index >= 15 is 0 Å². The first-order valence-corrected chi connectivity index (χ1v) is 9.19. The Kier molecular flexibility index (Phi) is 7.02. The highest BCUT2D eigenvalue weighted by atomic mass is 32.2. The molecule has 0 spiro atoms. The van der Waals surface area contributed by atoms with Gasteiger partial charge in [-0.2, -0.15) is 0 Å². The summed E-state index contributed by atoms with van der Waals surface area (Å²) < 4.78 is 24.7. The zero-order valence-corrected chi connectivity index (χ0v) is 14.0. The smallest absolute Gasteiger partial charge is 0.326 e. The maximum absolute atomic E-state index is 12.0. The van der Waals surface area contributed by atoms with E-state index in [1.165, 1.54) is 0 Å². The number of nitrogens with one attached hydrogen (secondary N) is 2. The van der Waals surface area contributed by atoms with Crippen LogP contribution in [0.1, 0.15) is 31.7 Å². The summed E-state index contributed by atoms with van der Waals surface area (Å²) in [4.78, 5) is 23.1. The molecule has 3 N–H and O–H groups in total. The monoisotopic (exact) mass is 342 g/mol. The summed E-state index contributed by atoms with van der Waals surface area (Å²) in [5.74, 6) is -1.47. The fourth-order valence-electron chi connectivity index (χ4n) is 2.06. The number of rotatable bonds is 9. The van der Waals surface area contributed by atoms with Crippen LogP contribution in [-0.4, -0.2) is 37.7 Å². The van der Waals surface area contributed by atoms with Crippen molar-refractivity contribution in [3.8, 4) is 0 Å². The lowest BCUT2D eigenvalue weighted by Gasteiger charge is -2.14. The average molecular weight is 342 g/mol. The fourth-order valence-corrected chi connectivity index (χ4v) is 2.61. The van der Waals surface area contributed by atoms with Crippen LogP contribution in [0.5, 0.6) is 0 Å². The highest BCUT2D eigenvalue weighted by Crippen LogP contribution is 2.12. The van der Waals surface area contributed by atoms with Crippen molar-refractivity contribution in [1.29, 1.82) is 0 Å². The molecule has 1 aromatic carbocycles. The van der Waals surface area contributed by atoms with E-state index in [2.05, 4.69) is 10.0 Å². The summed E-state index contributed by atoms with van der Waals surface area (Å²) in [6, 6.07) is 5.52. The molecule has 0 aliphatic carbocycles. The Morgan fingerprint density at radius 1 is 1.30 bits per heavy atom. The van der Waals surface area contributed by atoms with Crippen molar-refractivity contribution in [2.24, 2.45) is 0 Å². The number of benzene rings is 1. The van der Waals surface area contributed by atoms with E-state index in [-0.39, 0.29) is 6.42 Å². The molecule has 0 radical (unpaired) electrons. The van der Waals surface area contributed by atoms with E-state index in [4.69, 9.17) is 5.11 Å². The molecule has 0 saturated carbocycles. The second kappa shape index (κ2) is 8.52. The molecule has 0 heterocycles. The highest BCUT2D eigenvalue weighted by Gasteiger charge is 2.19. The Balaban J connectivity index is 2.69. The molecule has 7 nitrogen and oxygen atoms in total. The summed E-state index contributed by atoms with van der Waals surface area (Å²) in [7, 11) is -3.39. The van der Waals surface area contributed by atoms with Gasteiger partial charge in [0, 0.05) is 5.69 Å². The standard InChI is InChI=1S/C15H22N2O5S/c1-3-4-8-13(15(19)20)16-14(18)10-11-6-5-7-12(9-11)17-23(2,21)22/h5-7,9,13,17H,3-4,8,10H2,1-2H3,(H,16,18)(H,19,20). The second-order valence-electron chi connectivity index (χ2n) is 5.35. The van der Waals surface area contributed by atoms with E-state index in [0.29, 0.717) is 24.1 Å². The molecule has 0 aliphatic heterocycles. The lowest BCUT2D eigenvalue weighted by Crippen LogP contribution is -2.41. The predicted molar refractivity (Wildman–Crippen MR) is 87.7 cm³/mol. The topological polar surface area (TPSA) is 113 Å². The maximum Gasteiger partial charge on any atom is 0.326 e. The number of unbranched alkanes of at least 4 members (excludes halogenated alkanes) is 1. The third-order valence-electron chi connectivity index (χ3n) is 3.07. The minimum atomic E-state index is -3.39. The molecule has 23 heavy (non-hydrogen) atoms. The molecule has 128 valence electrons. The third kappa shape index (κ3) is 7.64. The number of aliphatic carboxylic acids is 1. The summed E-state index contributed by atoms with van der Waals surface area (Å²) in [6.45, 7) is 1.95. The van der Waals surface area contributed by atoms with Gasteiger partial charge in [-0.25, -0.2) is 13.2 Å². The highest BCUT2D eigenvalue weighted by molar-refractivity contribution is 7.92. The molecule has 8 heteroatoms. The van der Waals surface area contributed by atoms with Gasteiger partial charge in [0.15, 0.2) is 0 Å². The zero-order valence-electron chi connectivity index (χ0n) is 13.2. The Morgan fingerprint density at radius 2 is 2.00 bits per heavy atom. The molecule has 1 atom stereocenters. The Labute approximate surface area is 136 Å².